The predicted molar refractivity (Wildman–Crippen MR) is 98.7 cm³/mol. The number of rotatable bonds is 7. The van der Waals surface area contributed by atoms with Crippen LogP contribution in [0.3, 0.4) is 0 Å². The standard InChI is InChI=1S/C17H13N5O6/c1-28-16-8-14(22(26)27)6-7-15(16)20-17(23)11(9-18)10-19-12-2-4-13(5-3-12)21(24)25/h2-8,10,19H,1H3,(H,20,23)/b11-10-. The van der Waals surface area contributed by atoms with Gasteiger partial charge in [-0.25, -0.2) is 0 Å². The molecule has 0 saturated carbocycles. The SMILES string of the molecule is COc1cc([N+](=O)[O-])ccc1NC(=O)/C(C#N)=C\Nc1ccc([N+](=O)[O-])cc1. The van der Waals surface area contributed by atoms with E-state index in [0.29, 0.717) is 5.69 Å². The highest BCUT2D eigenvalue weighted by atomic mass is 16.6. The number of hydrogen-bond donors (Lipinski definition) is 2. The summed E-state index contributed by atoms with van der Waals surface area (Å²) in [6.45, 7) is 0. The summed E-state index contributed by atoms with van der Waals surface area (Å²) in [7, 11) is 1.28. The number of ether oxygens (including phenoxy) is 1. The zero-order valence-corrected chi connectivity index (χ0v) is 14.4. The van der Waals surface area contributed by atoms with Crippen molar-refractivity contribution in [3.63, 3.8) is 0 Å². The van der Waals surface area contributed by atoms with Crippen molar-refractivity contribution in [3.05, 3.63) is 74.5 Å². The lowest BCUT2D eigenvalue weighted by Gasteiger charge is -2.09. The molecule has 0 unspecified atom stereocenters. The van der Waals surface area contributed by atoms with E-state index < -0.39 is 15.8 Å². The summed E-state index contributed by atoms with van der Waals surface area (Å²) in [6.07, 6.45) is 1.13. The molecule has 0 atom stereocenters. The van der Waals surface area contributed by atoms with E-state index in [-0.39, 0.29) is 28.4 Å². The van der Waals surface area contributed by atoms with Gasteiger partial charge in [-0.2, -0.15) is 5.26 Å². The van der Waals surface area contributed by atoms with E-state index >= 15 is 0 Å². The van der Waals surface area contributed by atoms with Gasteiger partial charge in [0, 0.05) is 30.1 Å². The summed E-state index contributed by atoms with van der Waals surface area (Å²) in [6, 6.07) is 10.7. The van der Waals surface area contributed by atoms with E-state index in [2.05, 4.69) is 10.6 Å². The van der Waals surface area contributed by atoms with E-state index in [1.807, 2.05) is 0 Å². The Kier molecular flexibility index (Phi) is 6.22. The van der Waals surface area contributed by atoms with Gasteiger partial charge >= 0.3 is 0 Å². The molecule has 11 nitrogen and oxygen atoms in total. The molecule has 2 N–H and O–H groups in total. The quantitative estimate of drug-likeness (QED) is 0.319. The minimum absolute atomic E-state index is 0.0585. The monoisotopic (exact) mass is 383 g/mol. The molecule has 0 aliphatic heterocycles. The Morgan fingerprint density at radius 1 is 1.11 bits per heavy atom. The molecule has 11 heteroatoms. The number of carbonyl (C=O) groups excluding carboxylic acids is 1. The van der Waals surface area contributed by atoms with Gasteiger partial charge in [0.1, 0.15) is 17.4 Å². The Bertz CT molecular complexity index is 994. The molecule has 0 aromatic heterocycles. The predicted octanol–water partition coefficient (Wildman–Crippen LogP) is 2.97. The van der Waals surface area contributed by atoms with Crippen molar-refractivity contribution in [1.82, 2.24) is 0 Å². The third-order valence-corrected chi connectivity index (χ3v) is 3.47. The summed E-state index contributed by atoms with van der Waals surface area (Å²) in [5, 5.41) is 35.7. The molecule has 2 rings (SSSR count). The van der Waals surface area contributed by atoms with E-state index in [1.165, 1.54) is 43.5 Å². The lowest BCUT2D eigenvalue weighted by molar-refractivity contribution is -0.385. The molecule has 2 aromatic rings. The van der Waals surface area contributed by atoms with Crippen molar-refractivity contribution in [2.24, 2.45) is 0 Å². The van der Waals surface area contributed by atoms with Crippen LogP contribution in [0.5, 0.6) is 5.75 Å². The van der Waals surface area contributed by atoms with Gasteiger partial charge in [-0.05, 0) is 18.2 Å². The van der Waals surface area contributed by atoms with Crippen molar-refractivity contribution in [2.75, 3.05) is 17.7 Å². The van der Waals surface area contributed by atoms with Gasteiger partial charge in [0.15, 0.2) is 0 Å². The maximum absolute atomic E-state index is 12.3. The highest BCUT2D eigenvalue weighted by Crippen LogP contribution is 2.29. The summed E-state index contributed by atoms with van der Waals surface area (Å²) in [5.41, 5.74) is -0.0313. The van der Waals surface area contributed by atoms with Crippen LogP contribution in [0, 0.1) is 31.6 Å². The largest absolute Gasteiger partial charge is 0.494 e. The molecule has 142 valence electrons. The number of benzene rings is 2. The molecule has 1 amide bonds. The number of nitro groups is 2. The molecule has 0 heterocycles. The maximum atomic E-state index is 12.3. The van der Waals surface area contributed by atoms with Crippen LogP contribution < -0.4 is 15.4 Å². The van der Waals surface area contributed by atoms with Gasteiger partial charge in [0.25, 0.3) is 17.3 Å². The second kappa shape index (κ2) is 8.77. The number of amides is 1. The van der Waals surface area contributed by atoms with Crippen molar-refractivity contribution < 1.29 is 19.4 Å². The number of nitrogens with one attached hydrogen (secondary N) is 2. The first-order valence-electron chi connectivity index (χ1n) is 7.60. The molecule has 0 aliphatic rings. The molecule has 0 spiro atoms. The van der Waals surface area contributed by atoms with Gasteiger partial charge < -0.3 is 15.4 Å². The van der Waals surface area contributed by atoms with Gasteiger partial charge in [-0.3, -0.25) is 25.0 Å². The number of anilines is 2. The Morgan fingerprint density at radius 3 is 2.25 bits per heavy atom. The molecule has 0 radical (unpaired) electrons. The number of methoxy groups -OCH3 is 1. The smallest absolute Gasteiger partial charge is 0.273 e. The number of nitrogens with zero attached hydrogens (tertiary/aromatic N) is 3. The molecule has 0 bridgehead atoms. The van der Waals surface area contributed by atoms with E-state index in [1.54, 1.807) is 6.07 Å². The fourth-order valence-corrected chi connectivity index (χ4v) is 2.07. The van der Waals surface area contributed by atoms with Crippen LogP contribution >= 0.6 is 0 Å². The first-order chi connectivity index (χ1) is 13.3. The zero-order valence-electron chi connectivity index (χ0n) is 14.4. The van der Waals surface area contributed by atoms with Crippen LogP contribution in [0.15, 0.2) is 54.2 Å². The van der Waals surface area contributed by atoms with Gasteiger partial charge in [-0.1, -0.05) is 0 Å². The average Bonchev–Trinajstić information content (AvgIpc) is 2.68. The lowest BCUT2D eigenvalue weighted by Crippen LogP contribution is -2.15. The van der Waals surface area contributed by atoms with Gasteiger partial charge in [0.05, 0.1) is 28.7 Å². The van der Waals surface area contributed by atoms with E-state index in [4.69, 9.17) is 4.74 Å². The molecule has 2 aromatic carbocycles. The average molecular weight is 383 g/mol. The second-order valence-electron chi connectivity index (χ2n) is 5.21. The Hall–Kier alpha value is -4.46. The first-order valence-corrected chi connectivity index (χ1v) is 7.60. The first kappa shape index (κ1) is 19.9. The summed E-state index contributed by atoms with van der Waals surface area (Å²) in [5.74, 6) is -0.716. The van der Waals surface area contributed by atoms with Crippen LogP contribution in [0.4, 0.5) is 22.7 Å². The number of nitriles is 1. The number of non-ortho nitro benzene ring substituents is 2. The molecule has 0 saturated heterocycles. The molecule has 0 fully saturated rings. The fraction of sp³-hybridized carbons (Fsp3) is 0.0588. The third-order valence-electron chi connectivity index (χ3n) is 3.47. The minimum Gasteiger partial charge on any atom is -0.494 e. The molecular weight excluding hydrogens is 370 g/mol. The van der Waals surface area contributed by atoms with Gasteiger partial charge in [0.2, 0.25) is 0 Å². The normalized spacial score (nSPS) is 10.5. The van der Waals surface area contributed by atoms with Crippen molar-refractivity contribution in [2.45, 2.75) is 0 Å². The van der Waals surface area contributed by atoms with Gasteiger partial charge in [-0.15, -0.1) is 0 Å². The van der Waals surface area contributed by atoms with E-state index in [0.717, 1.165) is 12.3 Å². The van der Waals surface area contributed by atoms with Crippen LogP contribution in [-0.2, 0) is 4.79 Å². The topological polar surface area (TPSA) is 160 Å². The fourth-order valence-electron chi connectivity index (χ4n) is 2.07. The molecule has 28 heavy (non-hydrogen) atoms. The summed E-state index contributed by atoms with van der Waals surface area (Å²) >= 11 is 0. The number of nitro benzene ring substituents is 2. The lowest BCUT2D eigenvalue weighted by atomic mass is 10.2. The van der Waals surface area contributed by atoms with Crippen LogP contribution in [0.25, 0.3) is 0 Å². The number of carbonyl (C=O) groups is 1. The summed E-state index contributed by atoms with van der Waals surface area (Å²) in [4.78, 5) is 32.5. The summed E-state index contributed by atoms with van der Waals surface area (Å²) < 4.78 is 5.02. The molecular formula is C17H13N5O6. The van der Waals surface area contributed by atoms with Crippen LogP contribution in [0.2, 0.25) is 0 Å². The van der Waals surface area contributed by atoms with Crippen molar-refractivity contribution >= 4 is 28.7 Å². The third kappa shape index (κ3) is 4.79. The highest BCUT2D eigenvalue weighted by Gasteiger charge is 2.16. The second-order valence-corrected chi connectivity index (χ2v) is 5.21. The van der Waals surface area contributed by atoms with Crippen molar-refractivity contribution in [1.29, 1.82) is 5.26 Å². The Morgan fingerprint density at radius 2 is 1.71 bits per heavy atom. The number of hydrogen-bond acceptors (Lipinski definition) is 8. The van der Waals surface area contributed by atoms with E-state index in [9.17, 15) is 30.3 Å². The van der Waals surface area contributed by atoms with Crippen LogP contribution in [0.1, 0.15) is 0 Å². The zero-order chi connectivity index (χ0) is 20.7. The molecule has 0 aliphatic carbocycles. The Balaban J connectivity index is 2.15. The maximum Gasteiger partial charge on any atom is 0.273 e. The Labute approximate surface area is 158 Å². The van der Waals surface area contributed by atoms with Crippen molar-refractivity contribution in [3.8, 4) is 11.8 Å². The minimum atomic E-state index is -0.774. The van der Waals surface area contributed by atoms with Crippen LogP contribution in [-0.4, -0.2) is 22.9 Å². The highest BCUT2D eigenvalue weighted by molar-refractivity contribution is 6.07.